The molecule has 7 heteroatoms. The van der Waals surface area contributed by atoms with Gasteiger partial charge in [0.25, 0.3) is 0 Å². The van der Waals surface area contributed by atoms with Crippen LogP contribution in [0.25, 0.3) is 0 Å². The van der Waals surface area contributed by atoms with Gasteiger partial charge in [-0.25, -0.2) is 0 Å². The summed E-state index contributed by atoms with van der Waals surface area (Å²) in [5.74, 6) is 0.360. The molecule has 0 amide bonds. The first-order valence-corrected chi connectivity index (χ1v) is 5.18. The zero-order chi connectivity index (χ0) is 12.0. The quantitative estimate of drug-likeness (QED) is 0.413. The highest BCUT2D eigenvalue weighted by molar-refractivity contribution is 5.78. The van der Waals surface area contributed by atoms with Crippen LogP contribution >= 0.6 is 0 Å². The van der Waals surface area contributed by atoms with Crippen LogP contribution in [0.2, 0.25) is 0 Å². The van der Waals surface area contributed by atoms with Gasteiger partial charge in [-0.05, 0) is 19.3 Å². The molecule has 1 saturated carbocycles. The Morgan fingerprint density at radius 2 is 2.12 bits per heavy atom. The summed E-state index contributed by atoms with van der Waals surface area (Å²) in [4.78, 5) is 3.96. The van der Waals surface area contributed by atoms with E-state index in [9.17, 15) is 13.2 Å². The van der Waals surface area contributed by atoms with Crippen molar-refractivity contribution in [2.45, 2.75) is 31.5 Å². The smallest absolute Gasteiger partial charge is 0.372 e. The fourth-order valence-electron chi connectivity index (χ4n) is 1.04. The third-order valence-corrected chi connectivity index (χ3v) is 1.92. The molecule has 0 spiro atoms. The monoisotopic (exact) mass is 239 g/mol. The maximum atomic E-state index is 11.7. The van der Waals surface area contributed by atoms with Crippen LogP contribution in [-0.2, 0) is 4.74 Å². The summed E-state index contributed by atoms with van der Waals surface area (Å²) in [6.45, 7) is -0.782. The molecule has 0 bridgehead atoms. The lowest BCUT2D eigenvalue weighted by Crippen LogP contribution is -2.33. The third-order valence-electron chi connectivity index (χ3n) is 1.92. The number of hydrogen-bond acceptors (Lipinski definition) is 2. The molecule has 16 heavy (non-hydrogen) atoms. The molecular weight excluding hydrogens is 223 g/mol. The molecule has 1 fully saturated rings. The van der Waals surface area contributed by atoms with Crippen molar-refractivity contribution >= 4 is 5.96 Å². The summed E-state index contributed by atoms with van der Waals surface area (Å²) in [5.41, 5.74) is 5.52. The van der Waals surface area contributed by atoms with E-state index < -0.39 is 12.8 Å². The number of alkyl halides is 3. The maximum Gasteiger partial charge on any atom is 0.411 e. The lowest BCUT2D eigenvalue weighted by molar-refractivity contribution is -0.173. The Balaban J connectivity index is 1.94. The van der Waals surface area contributed by atoms with Crippen molar-refractivity contribution in [2.24, 2.45) is 10.7 Å². The van der Waals surface area contributed by atoms with E-state index in [1.807, 2.05) is 0 Å². The van der Waals surface area contributed by atoms with Crippen molar-refractivity contribution in [3.63, 3.8) is 0 Å². The molecule has 1 aliphatic carbocycles. The first-order chi connectivity index (χ1) is 7.47. The van der Waals surface area contributed by atoms with Gasteiger partial charge in [0.2, 0.25) is 0 Å². The van der Waals surface area contributed by atoms with Crippen LogP contribution in [0.4, 0.5) is 13.2 Å². The number of hydrogen-bond donors (Lipinski definition) is 2. The van der Waals surface area contributed by atoms with E-state index in [-0.39, 0.29) is 6.61 Å². The molecule has 0 aromatic carbocycles. The molecule has 3 N–H and O–H groups in total. The van der Waals surface area contributed by atoms with E-state index in [2.05, 4.69) is 15.0 Å². The zero-order valence-corrected chi connectivity index (χ0v) is 8.89. The van der Waals surface area contributed by atoms with Gasteiger partial charge in [-0.1, -0.05) is 0 Å². The minimum absolute atomic E-state index is 0.0414. The second-order valence-corrected chi connectivity index (χ2v) is 3.71. The molecular formula is C9H16F3N3O. The predicted octanol–water partition coefficient (Wildman–Crippen LogP) is 1.02. The Bertz CT molecular complexity index is 239. The largest absolute Gasteiger partial charge is 0.411 e. The number of ether oxygens (including phenoxy) is 1. The summed E-state index contributed by atoms with van der Waals surface area (Å²) in [7, 11) is 0. The third kappa shape index (κ3) is 7.33. The number of nitrogens with zero attached hydrogens (tertiary/aromatic N) is 1. The standard InChI is InChI=1S/C9H16F3N3O/c10-9(11,12)6-16-5-1-4-14-8(13)15-7-2-3-7/h7H,1-6H2,(H3,13,14,15). The molecule has 1 rings (SSSR count). The Hall–Kier alpha value is -0.980. The van der Waals surface area contributed by atoms with Gasteiger partial charge in [0, 0.05) is 19.2 Å². The second-order valence-electron chi connectivity index (χ2n) is 3.71. The van der Waals surface area contributed by atoms with Crippen LogP contribution in [0, 0.1) is 0 Å². The average Bonchev–Trinajstić information content (AvgIpc) is 2.93. The predicted molar refractivity (Wildman–Crippen MR) is 54.1 cm³/mol. The van der Waals surface area contributed by atoms with E-state index in [1.54, 1.807) is 0 Å². The lowest BCUT2D eigenvalue weighted by atomic mass is 10.4. The molecule has 0 radical (unpaired) electrons. The SMILES string of the molecule is NC(=NCCCOCC(F)(F)F)NC1CC1. The van der Waals surface area contributed by atoms with Gasteiger partial charge >= 0.3 is 6.18 Å². The lowest BCUT2D eigenvalue weighted by Gasteiger charge is -2.06. The van der Waals surface area contributed by atoms with E-state index in [0.717, 1.165) is 12.8 Å². The van der Waals surface area contributed by atoms with Crippen molar-refractivity contribution in [1.29, 1.82) is 0 Å². The van der Waals surface area contributed by atoms with Gasteiger partial charge in [-0.15, -0.1) is 0 Å². The Morgan fingerprint density at radius 1 is 1.44 bits per heavy atom. The molecule has 0 aromatic heterocycles. The van der Waals surface area contributed by atoms with Crippen LogP contribution in [0.5, 0.6) is 0 Å². The molecule has 94 valence electrons. The van der Waals surface area contributed by atoms with Gasteiger partial charge in [0.05, 0.1) is 0 Å². The molecule has 0 aliphatic heterocycles. The molecule has 0 unspecified atom stereocenters. The fourth-order valence-corrected chi connectivity index (χ4v) is 1.04. The summed E-state index contributed by atoms with van der Waals surface area (Å²) in [5, 5.41) is 2.98. The van der Waals surface area contributed by atoms with Gasteiger partial charge < -0.3 is 15.8 Å². The van der Waals surface area contributed by atoms with Crippen molar-refractivity contribution in [3.8, 4) is 0 Å². The van der Waals surface area contributed by atoms with Crippen LogP contribution < -0.4 is 11.1 Å². The average molecular weight is 239 g/mol. The van der Waals surface area contributed by atoms with Crippen molar-refractivity contribution in [1.82, 2.24) is 5.32 Å². The molecule has 0 atom stereocenters. The summed E-state index contributed by atoms with van der Waals surface area (Å²) in [6, 6.07) is 0.435. The van der Waals surface area contributed by atoms with Gasteiger partial charge in [-0.2, -0.15) is 13.2 Å². The van der Waals surface area contributed by atoms with E-state index in [0.29, 0.717) is 25.0 Å². The number of aliphatic imine (C=N–C) groups is 1. The van der Waals surface area contributed by atoms with E-state index in [1.165, 1.54) is 0 Å². The highest BCUT2D eigenvalue weighted by Gasteiger charge is 2.27. The van der Waals surface area contributed by atoms with Gasteiger partial charge in [0.15, 0.2) is 5.96 Å². The summed E-state index contributed by atoms with van der Waals surface area (Å²) in [6.07, 6.45) is -1.62. The first kappa shape index (κ1) is 13.1. The van der Waals surface area contributed by atoms with Gasteiger partial charge in [-0.3, -0.25) is 4.99 Å². The minimum atomic E-state index is -4.25. The first-order valence-electron chi connectivity index (χ1n) is 5.18. The highest BCUT2D eigenvalue weighted by atomic mass is 19.4. The van der Waals surface area contributed by atoms with Crippen molar-refractivity contribution in [2.75, 3.05) is 19.8 Å². The molecule has 0 aromatic rings. The number of rotatable bonds is 6. The summed E-state index contributed by atoms with van der Waals surface area (Å²) < 4.78 is 39.4. The molecule has 1 aliphatic rings. The zero-order valence-electron chi connectivity index (χ0n) is 8.89. The van der Waals surface area contributed by atoms with Crippen LogP contribution in [0.3, 0.4) is 0 Å². The van der Waals surface area contributed by atoms with Crippen LogP contribution in [0.15, 0.2) is 4.99 Å². The maximum absolute atomic E-state index is 11.7. The van der Waals surface area contributed by atoms with Crippen molar-refractivity contribution < 1.29 is 17.9 Å². The molecule has 0 heterocycles. The fraction of sp³-hybridized carbons (Fsp3) is 0.889. The van der Waals surface area contributed by atoms with E-state index >= 15 is 0 Å². The van der Waals surface area contributed by atoms with Crippen molar-refractivity contribution in [3.05, 3.63) is 0 Å². The number of nitrogens with two attached hydrogens (primary N) is 1. The summed E-state index contributed by atoms with van der Waals surface area (Å²) >= 11 is 0. The normalized spacial score (nSPS) is 17.6. The number of nitrogens with one attached hydrogen (secondary N) is 1. The van der Waals surface area contributed by atoms with Gasteiger partial charge in [0.1, 0.15) is 6.61 Å². The minimum Gasteiger partial charge on any atom is -0.372 e. The molecule has 4 nitrogen and oxygen atoms in total. The number of guanidine groups is 1. The Kier molecular flexibility index (Phi) is 4.85. The second kappa shape index (κ2) is 5.93. The molecule has 0 saturated heterocycles. The van der Waals surface area contributed by atoms with Crippen LogP contribution in [0.1, 0.15) is 19.3 Å². The number of halogens is 3. The van der Waals surface area contributed by atoms with Crippen LogP contribution in [-0.4, -0.2) is 37.9 Å². The highest BCUT2D eigenvalue weighted by Crippen LogP contribution is 2.18. The topological polar surface area (TPSA) is 59.6 Å². The Morgan fingerprint density at radius 3 is 2.69 bits per heavy atom. The Labute approximate surface area is 92.0 Å². The van der Waals surface area contributed by atoms with E-state index in [4.69, 9.17) is 5.73 Å².